The van der Waals surface area contributed by atoms with Crippen molar-refractivity contribution < 1.29 is 8.42 Å². The van der Waals surface area contributed by atoms with Gasteiger partial charge in [-0.15, -0.1) is 0 Å². The molecule has 2 N–H and O–H groups in total. The monoisotopic (exact) mass is 305 g/mol. The first kappa shape index (κ1) is 13.1. The second-order valence-electron chi connectivity index (χ2n) is 6.33. The Labute approximate surface area is 124 Å². The fraction of sp³-hybridized carbons (Fsp3) is 0.533. The molecule has 1 spiro atoms. The Morgan fingerprint density at radius 2 is 2.10 bits per heavy atom. The molecule has 2 heterocycles. The summed E-state index contributed by atoms with van der Waals surface area (Å²) >= 11 is 0. The number of guanidine groups is 1. The van der Waals surface area contributed by atoms with Gasteiger partial charge in [0.2, 0.25) is 0 Å². The van der Waals surface area contributed by atoms with Crippen molar-refractivity contribution >= 4 is 15.8 Å². The number of aliphatic imine (C=N–C) groups is 1. The number of hydrogen-bond acceptors (Lipinski definition) is 5. The van der Waals surface area contributed by atoms with Crippen LogP contribution in [0, 0.1) is 5.92 Å². The van der Waals surface area contributed by atoms with Crippen LogP contribution < -0.4 is 5.73 Å². The Morgan fingerprint density at radius 3 is 2.86 bits per heavy atom. The predicted molar refractivity (Wildman–Crippen MR) is 80.7 cm³/mol. The number of sulfone groups is 1. The molecule has 3 aliphatic rings. The minimum Gasteiger partial charge on any atom is -0.370 e. The molecule has 1 aromatic carbocycles. The van der Waals surface area contributed by atoms with E-state index in [1.165, 1.54) is 12.8 Å². The summed E-state index contributed by atoms with van der Waals surface area (Å²) in [5.74, 6) is 1.42. The van der Waals surface area contributed by atoms with Crippen LogP contribution in [-0.2, 0) is 15.4 Å². The van der Waals surface area contributed by atoms with Gasteiger partial charge in [-0.25, -0.2) is 8.42 Å². The zero-order chi connectivity index (χ0) is 14.7. The molecule has 1 atom stereocenters. The normalized spacial score (nSPS) is 30.3. The van der Waals surface area contributed by atoms with E-state index < -0.39 is 9.84 Å². The quantitative estimate of drug-likeness (QED) is 0.888. The van der Waals surface area contributed by atoms with Gasteiger partial charge in [0, 0.05) is 6.54 Å². The van der Waals surface area contributed by atoms with Crippen molar-refractivity contribution in [2.24, 2.45) is 16.6 Å². The fourth-order valence-corrected chi connectivity index (χ4v) is 5.25. The maximum absolute atomic E-state index is 12.3. The first-order valence-electron chi connectivity index (χ1n) is 7.43. The third-order valence-electron chi connectivity index (χ3n) is 4.94. The van der Waals surface area contributed by atoms with Crippen molar-refractivity contribution in [3.8, 4) is 0 Å². The Kier molecular flexibility index (Phi) is 2.64. The Hall–Kier alpha value is -1.56. The summed E-state index contributed by atoms with van der Waals surface area (Å²) in [5, 5.41) is 0. The standard InChI is InChI=1S/C15H19N3O2S/c16-14-17-10-15(18(14)9-11-5-6-11)7-8-21(19,20)13-4-2-1-3-12(13)15/h1-4,11H,5-10H2,(H2,16,17). The molecule has 1 aromatic rings. The molecular formula is C15H19N3O2S. The van der Waals surface area contributed by atoms with Crippen molar-refractivity contribution in [1.82, 2.24) is 4.90 Å². The SMILES string of the molecule is NC1=NCC2(CCS(=O)(=O)c3ccccc32)N1CC1CC1. The highest BCUT2D eigenvalue weighted by molar-refractivity contribution is 7.91. The maximum atomic E-state index is 12.3. The molecule has 6 heteroatoms. The molecule has 1 saturated carbocycles. The van der Waals surface area contributed by atoms with E-state index in [9.17, 15) is 8.42 Å². The average molecular weight is 305 g/mol. The number of fused-ring (bicyclic) bond motifs is 2. The van der Waals surface area contributed by atoms with Crippen molar-refractivity contribution in [3.05, 3.63) is 29.8 Å². The molecule has 1 aliphatic carbocycles. The maximum Gasteiger partial charge on any atom is 0.192 e. The summed E-state index contributed by atoms with van der Waals surface area (Å²) in [6.07, 6.45) is 3.04. The zero-order valence-electron chi connectivity index (χ0n) is 11.8. The molecule has 0 radical (unpaired) electrons. The van der Waals surface area contributed by atoms with Crippen LogP contribution in [0.2, 0.25) is 0 Å². The van der Waals surface area contributed by atoms with Gasteiger partial charge >= 0.3 is 0 Å². The molecule has 4 rings (SSSR count). The molecular weight excluding hydrogens is 286 g/mol. The third kappa shape index (κ3) is 1.88. The van der Waals surface area contributed by atoms with Crippen LogP contribution >= 0.6 is 0 Å². The summed E-state index contributed by atoms with van der Waals surface area (Å²) in [5.41, 5.74) is 6.64. The first-order chi connectivity index (χ1) is 10.0. The summed E-state index contributed by atoms with van der Waals surface area (Å²) in [6, 6.07) is 7.35. The molecule has 1 fully saturated rings. The summed E-state index contributed by atoms with van der Waals surface area (Å²) in [4.78, 5) is 7.07. The third-order valence-corrected chi connectivity index (χ3v) is 6.71. The highest BCUT2D eigenvalue weighted by Gasteiger charge is 2.50. The van der Waals surface area contributed by atoms with E-state index in [0.717, 1.165) is 12.1 Å². The van der Waals surface area contributed by atoms with E-state index in [4.69, 9.17) is 5.73 Å². The topological polar surface area (TPSA) is 75.8 Å². The number of benzene rings is 1. The van der Waals surface area contributed by atoms with E-state index in [1.807, 2.05) is 12.1 Å². The van der Waals surface area contributed by atoms with Gasteiger partial charge in [0.25, 0.3) is 0 Å². The van der Waals surface area contributed by atoms with E-state index in [0.29, 0.717) is 29.7 Å². The lowest BCUT2D eigenvalue weighted by Gasteiger charge is -2.43. The van der Waals surface area contributed by atoms with Crippen molar-refractivity contribution in [3.63, 3.8) is 0 Å². The van der Waals surface area contributed by atoms with Crippen LogP contribution in [-0.4, -0.2) is 38.1 Å². The molecule has 5 nitrogen and oxygen atoms in total. The van der Waals surface area contributed by atoms with Crippen LogP contribution in [0.5, 0.6) is 0 Å². The zero-order valence-corrected chi connectivity index (χ0v) is 12.6. The molecule has 21 heavy (non-hydrogen) atoms. The van der Waals surface area contributed by atoms with Gasteiger partial charge in [0.1, 0.15) is 0 Å². The second kappa shape index (κ2) is 4.22. The van der Waals surface area contributed by atoms with Gasteiger partial charge < -0.3 is 10.6 Å². The van der Waals surface area contributed by atoms with Crippen molar-refractivity contribution in [1.29, 1.82) is 0 Å². The lowest BCUT2D eigenvalue weighted by atomic mass is 9.85. The highest BCUT2D eigenvalue weighted by atomic mass is 32.2. The summed E-state index contributed by atoms with van der Waals surface area (Å²) in [6.45, 7) is 1.46. The van der Waals surface area contributed by atoms with Crippen LogP contribution in [0.3, 0.4) is 0 Å². The van der Waals surface area contributed by atoms with Gasteiger partial charge in [-0.1, -0.05) is 18.2 Å². The molecule has 1 unspecified atom stereocenters. The van der Waals surface area contributed by atoms with Crippen LogP contribution in [0.4, 0.5) is 0 Å². The fourth-order valence-electron chi connectivity index (χ4n) is 3.54. The number of hydrogen-bond donors (Lipinski definition) is 1. The number of nitrogens with two attached hydrogens (primary N) is 1. The molecule has 112 valence electrons. The first-order valence-corrected chi connectivity index (χ1v) is 9.08. The molecule has 0 saturated heterocycles. The summed E-state index contributed by atoms with van der Waals surface area (Å²) in [7, 11) is -3.18. The molecule has 0 bridgehead atoms. The van der Waals surface area contributed by atoms with E-state index in [2.05, 4.69) is 9.89 Å². The lowest BCUT2D eigenvalue weighted by Crippen LogP contribution is -2.53. The van der Waals surface area contributed by atoms with E-state index in [1.54, 1.807) is 12.1 Å². The number of nitrogens with zero attached hydrogens (tertiary/aromatic N) is 2. The van der Waals surface area contributed by atoms with Crippen molar-refractivity contribution in [2.45, 2.75) is 29.7 Å². The number of rotatable bonds is 2. The van der Waals surface area contributed by atoms with Crippen molar-refractivity contribution in [2.75, 3.05) is 18.8 Å². The Bertz CT molecular complexity index is 724. The minimum absolute atomic E-state index is 0.175. The molecule has 0 aromatic heterocycles. The van der Waals surface area contributed by atoms with Gasteiger partial charge in [0.15, 0.2) is 15.8 Å². The Morgan fingerprint density at radius 1 is 1.33 bits per heavy atom. The lowest BCUT2D eigenvalue weighted by molar-refractivity contribution is 0.181. The van der Waals surface area contributed by atoms with E-state index in [-0.39, 0.29) is 11.3 Å². The second-order valence-corrected chi connectivity index (χ2v) is 8.40. The molecule has 2 aliphatic heterocycles. The van der Waals surface area contributed by atoms with Crippen LogP contribution in [0.1, 0.15) is 24.8 Å². The summed E-state index contributed by atoms with van der Waals surface area (Å²) < 4.78 is 24.7. The highest BCUT2D eigenvalue weighted by Crippen LogP contribution is 2.45. The van der Waals surface area contributed by atoms with Crippen LogP contribution in [0.25, 0.3) is 0 Å². The van der Waals surface area contributed by atoms with Gasteiger partial charge in [-0.05, 0) is 36.8 Å². The van der Waals surface area contributed by atoms with Gasteiger partial charge in [0.05, 0.1) is 22.7 Å². The smallest absolute Gasteiger partial charge is 0.192 e. The largest absolute Gasteiger partial charge is 0.370 e. The van der Waals surface area contributed by atoms with Crippen LogP contribution in [0.15, 0.2) is 34.2 Å². The van der Waals surface area contributed by atoms with Gasteiger partial charge in [-0.3, -0.25) is 4.99 Å². The van der Waals surface area contributed by atoms with E-state index >= 15 is 0 Å². The molecule has 0 amide bonds. The average Bonchev–Trinajstić information content (AvgIpc) is 3.24. The Balaban J connectivity index is 1.84. The minimum atomic E-state index is -3.18. The van der Waals surface area contributed by atoms with Gasteiger partial charge in [-0.2, -0.15) is 0 Å². The predicted octanol–water partition coefficient (Wildman–Crippen LogP) is 1.10.